The van der Waals surface area contributed by atoms with E-state index in [0.717, 1.165) is 11.1 Å². The van der Waals surface area contributed by atoms with Gasteiger partial charge in [0.15, 0.2) is 12.4 Å². The summed E-state index contributed by atoms with van der Waals surface area (Å²) in [6.45, 7) is 3.72. The van der Waals surface area contributed by atoms with Gasteiger partial charge in [0.1, 0.15) is 11.3 Å². The SMILES string of the molecule is Cc1cc2oc(-c3ccccc3Cl)c(OCC(=O)NCc3ccco3)c(=O)c2cc1C. The van der Waals surface area contributed by atoms with E-state index in [1.54, 1.807) is 42.5 Å². The highest BCUT2D eigenvalue weighted by Gasteiger charge is 2.21. The molecule has 2 aromatic carbocycles. The summed E-state index contributed by atoms with van der Waals surface area (Å²) in [5, 5.41) is 3.47. The summed E-state index contributed by atoms with van der Waals surface area (Å²) < 4.78 is 16.9. The summed E-state index contributed by atoms with van der Waals surface area (Å²) in [5.41, 5.74) is 2.52. The molecule has 4 rings (SSSR count). The number of carbonyl (C=O) groups is 1. The van der Waals surface area contributed by atoms with Gasteiger partial charge in [-0.3, -0.25) is 9.59 Å². The van der Waals surface area contributed by atoms with E-state index in [1.807, 2.05) is 19.9 Å². The van der Waals surface area contributed by atoms with Crippen molar-refractivity contribution in [2.75, 3.05) is 6.61 Å². The summed E-state index contributed by atoms with van der Waals surface area (Å²) in [6, 6.07) is 14.0. The Morgan fingerprint density at radius 2 is 1.87 bits per heavy atom. The molecule has 158 valence electrons. The van der Waals surface area contributed by atoms with Crippen molar-refractivity contribution < 1.29 is 18.4 Å². The molecule has 0 unspecified atom stereocenters. The van der Waals surface area contributed by atoms with E-state index in [0.29, 0.717) is 27.3 Å². The van der Waals surface area contributed by atoms with Crippen LogP contribution in [-0.2, 0) is 11.3 Å². The zero-order chi connectivity index (χ0) is 22.0. The maximum absolute atomic E-state index is 13.3. The van der Waals surface area contributed by atoms with Crippen molar-refractivity contribution in [3.05, 3.63) is 86.9 Å². The minimum Gasteiger partial charge on any atom is -0.476 e. The fraction of sp³-hybridized carbons (Fsp3) is 0.167. The number of fused-ring (bicyclic) bond motifs is 1. The highest BCUT2D eigenvalue weighted by atomic mass is 35.5. The smallest absolute Gasteiger partial charge is 0.258 e. The molecule has 4 aromatic rings. The molecular weight excluding hydrogens is 418 g/mol. The molecule has 0 aliphatic rings. The molecule has 0 saturated carbocycles. The second-order valence-corrected chi connectivity index (χ2v) is 7.55. The van der Waals surface area contributed by atoms with Gasteiger partial charge in [-0.25, -0.2) is 0 Å². The Morgan fingerprint density at radius 1 is 1.10 bits per heavy atom. The van der Waals surface area contributed by atoms with Crippen LogP contribution in [0.1, 0.15) is 16.9 Å². The Morgan fingerprint density at radius 3 is 2.61 bits per heavy atom. The molecule has 7 heteroatoms. The molecule has 1 amide bonds. The molecule has 6 nitrogen and oxygen atoms in total. The second-order valence-electron chi connectivity index (χ2n) is 7.15. The molecule has 0 radical (unpaired) electrons. The number of furan rings is 1. The van der Waals surface area contributed by atoms with Gasteiger partial charge in [0.2, 0.25) is 11.2 Å². The summed E-state index contributed by atoms with van der Waals surface area (Å²) in [7, 11) is 0. The first-order valence-electron chi connectivity index (χ1n) is 9.69. The zero-order valence-corrected chi connectivity index (χ0v) is 17.8. The molecule has 0 aliphatic heterocycles. The van der Waals surface area contributed by atoms with E-state index in [4.69, 9.17) is 25.2 Å². The normalized spacial score (nSPS) is 10.9. The van der Waals surface area contributed by atoms with Gasteiger partial charge in [0.25, 0.3) is 5.91 Å². The molecule has 0 bridgehead atoms. The topological polar surface area (TPSA) is 81.7 Å². The lowest BCUT2D eigenvalue weighted by molar-refractivity contribution is -0.123. The highest BCUT2D eigenvalue weighted by molar-refractivity contribution is 6.33. The van der Waals surface area contributed by atoms with E-state index >= 15 is 0 Å². The molecular formula is C24H20ClNO5. The van der Waals surface area contributed by atoms with Crippen molar-refractivity contribution in [3.8, 4) is 17.1 Å². The average Bonchev–Trinajstić information content (AvgIpc) is 3.27. The van der Waals surface area contributed by atoms with Crippen LogP contribution in [0.3, 0.4) is 0 Å². The lowest BCUT2D eigenvalue weighted by Crippen LogP contribution is -2.29. The van der Waals surface area contributed by atoms with E-state index < -0.39 is 5.91 Å². The van der Waals surface area contributed by atoms with Crippen molar-refractivity contribution in [2.24, 2.45) is 0 Å². The number of ether oxygens (including phenoxy) is 1. The summed E-state index contributed by atoms with van der Waals surface area (Å²) >= 11 is 6.35. The monoisotopic (exact) mass is 437 g/mol. The number of rotatable bonds is 6. The maximum atomic E-state index is 13.3. The number of halogens is 1. The lowest BCUT2D eigenvalue weighted by atomic mass is 10.0. The van der Waals surface area contributed by atoms with Crippen LogP contribution in [0.4, 0.5) is 0 Å². The zero-order valence-electron chi connectivity index (χ0n) is 17.0. The molecule has 2 aromatic heterocycles. The van der Waals surface area contributed by atoms with Gasteiger partial charge in [0.05, 0.1) is 23.2 Å². The number of aryl methyl sites for hydroxylation is 2. The quantitative estimate of drug-likeness (QED) is 0.458. The first-order chi connectivity index (χ1) is 14.9. The van der Waals surface area contributed by atoms with Crippen LogP contribution >= 0.6 is 11.6 Å². The van der Waals surface area contributed by atoms with Crippen LogP contribution in [0.2, 0.25) is 5.02 Å². The van der Waals surface area contributed by atoms with Crippen molar-refractivity contribution in [1.82, 2.24) is 5.32 Å². The molecule has 31 heavy (non-hydrogen) atoms. The van der Waals surface area contributed by atoms with Gasteiger partial charge < -0.3 is 18.9 Å². The molecule has 0 aliphatic carbocycles. The van der Waals surface area contributed by atoms with Gasteiger partial charge in [-0.2, -0.15) is 0 Å². The predicted octanol–water partition coefficient (Wildman–Crippen LogP) is 5.02. The van der Waals surface area contributed by atoms with Crippen molar-refractivity contribution >= 4 is 28.5 Å². The van der Waals surface area contributed by atoms with Crippen LogP contribution in [0, 0.1) is 13.8 Å². The third-order valence-corrected chi connectivity index (χ3v) is 5.30. The Hall–Kier alpha value is -3.51. The van der Waals surface area contributed by atoms with Gasteiger partial charge in [-0.05, 0) is 61.4 Å². The molecule has 0 fully saturated rings. The number of nitrogens with one attached hydrogen (secondary N) is 1. The van der Waals surface area contributed by atoms with E-state index in [9.17, 15) is 9.59 Å². The fourth-order valence-electron chi connectivity index (χ4n) is 3.17. The second kappa shape index (κ2) is 8.70. The minimum atomic E-state index is -0.402. The van der Waals surface area contributed by atoms with Crippen LogP contribution in [-0.4, -0.2) is 12.5 Å². The van der Waals surface area contributed by atoms with Gasteiger partial charge >= 0.3 is 0 Å². The third kappa shape index (κ3) is 4.34. The van der Waals surface area contributed by atoms with Crippen LogP contribution < -0.4 is 15.5 Å². The summed E-state index contributed by atoms with van der Waals surface area (Å²) in [5.74, 6) is 0.337. The average molecular weight is 438 g/mol. The molecule has 0 saturated heterocycles. The van der Waals surface area contributed by atoms with Crippen molar-refractivity contribution in [3.63, 3.8) is 0 Å². The first kappa shape index (κ1) is 20.8. The Kier molecular flexibility index (Phi) is 5.82. The van der Waals surface area contributed by atoms with Crippen LogP contribution in [0.15, 0.2) is 68.4 Å². The molecule has 0 spiro atoms. The van der Waals surface area contributed by atoms with Gasteiger partial charge in [-0.15, -0.1) is 0 Å². The Balaban J connectivity index is 1.71. The molecule has 2 heterocycles. The summed E-state index contributed by atoms with van der Waals surface area (Å²) in [4.78, 5) is 25.5. The number of hydrogen-bond acceptors (Lipinski definition) is 5. The van der Waals surface area contributed by atoms with Gasteiger partial charge in [0, 0.05) is 5.56 Å². The largest absolute Gasteiger partial charge is 0.476 e. The number of amides is 1. The van der Waals surface area contributed by atoms with Crippen molar-refractivity contribution in [2.45, 2.75) is 20.4 Å². The third-order valence-electron chi connectivity index (χ3n) is 4.97. The van der Waals surface area contributed by atoms with Gasteiger partial charge in [-0.1, -0.05) is 23.7 Å². The lowest BCUT2D eigenvalue weighted by Gasteiger charge is -2.13. The summed E-state index contributed by atoms with van der Waals surface area (Å²) in [6.07, 6.45) is 1.53. The number of benzene rings is 2. The predicted molar refractivity (Wildman–Crippen MR) is 118 cm³/mol. The number of carbonyl (C=O) groups excluding carboxylic acids is 1. The van der Waals surface area contributed by atoms with E-state index in [1.165, 1.54) is 6.26 Å². The molecule has 0 atom stereocenters. The maximum Gasteiger partial charge on any atom is 0.258 e. The van der Waals surface area contributed by atoms with Crippen molar-refractivity contribution in [1.29, 1.82) is 0 Å². The van der Waals surface area contributed by atoms with E-state index in [-0.39, 0.29) is 30.1 Å². The first-order valence-corrected chi connectivity index (χ1v) is 10.1. The van der Waals surface area contributed by atoms with Crippen LogP contribution in [0.25, 0.3) is 22.3 Å². The molecule has 1 N–H and O–H groups in total. The van der Waals surface area contributed by atoms with Crippen LogP contribution in [0.5, 0.6) is 5.75 Å². The Labute approximate surface area is 183 Å². The highest BCUT2D eigenvalue weighted by Crippen LogP contribution is 2.35. The van der Waals surface area contributed by atoms with E-state index in [2.05, 4.69) is 5.32 Å². The number of hydrogen-bond donors (Lipinski definition) is 1. The Bertz CT molecular complexity index is 1310. The standard InChI is InChI=1S/C24H20ClNO5/c1-14-10-18-20(11-15(14)2)31-23(17-7-3-4-8-19(17)25)24(22(18)28)30-13-21(27)26-12-16-6-5-9-29-16/h3-11H,12-13H2,1-2H3,(H,26,27). The minimum absolute atomic E-state index is 0.0583. The fourth-order valence-corrected chi connectivity index (χ4v) is 3.40.